The Bertz CT molecular complexity index is 422. The molecule has 1 aromatic rings. The summed E-state index contributed by atoms with van der Waals surface area (Å²) in [5.41, 5.74) is 0. The highest BCUT2D eigenvalue weighted by Crippen LogP contribution is 2.12. The van der Waals surface area contributed by atoms with Crippen molar-refractivity contribution in [1.29, 1.82) is 0 Å². The first-order chi connectivity index (χ1) is 7.06. The molecule has 0 bridgehead atoms. The second-order valence-corrected chi connectivity index (χ2v) is 4.52. The molecule has 0 fully saturated rings. The van der Waals surface area contributed by atoms with Gasteiger partial charge in [0.15, 0.2) is 0 Å². The summed E-state index contributed by atoms with van der Waals surface area (Å²) in [4.78, 5) is 11.0. The number of hydrogen-bond acceptors (Lipinski definition) is 4. The summed E-state index contributed by atoms with van der Waals surface area (Å²) in [7, 11) is -3.93. The van der Waals surface area contributed by atoms with Crippen LogP contribution in [0.4, 0.5) is 0 Å². The monoisotopic (exact) mass is 228 g/mol. The van der Waals surface area contributed by atoms with Crippen molar-refractivity contribution in [2.24, 2.45) is 0 Å². The van der Waals surface area contributed by atoms with Gasteiger partial charge in [-0.2, -0.15) is 8.42 Å². The molecule has 5 heteroatoms. The van der Waals surface area contributed by atoms with Crippen molar-refractivity contribution in [1.82, 2.24) is 0 Å². The Kier molecular flexibility index (Phi) is 3.85. The Hall–Kier alpha value is -1.36. The largest absolute Gasteiger partial charge is 0.342 e. The first kappa shape index (κ1) is 11.7. The van der Waals surface area contributed by atoms with Crippen LogP contribution in [-0.2, 0) is 19.1 Å². The van der Waals surface area contributed by atoms with Gasteiger partial charge in [0.05, 0.1) is 0 Å². The van der Waals surface area contributed by atoms with E-state index in [0.29, 0.717) is 6.42 Å². The van der Waals surface area contributed by atoms with E-state index in [1.165, 1.54) is 12.1 Å². The van der Waals surface area contributed by atoms with Gasteiger partial charge in [-0.3, -0.25) is 4.79 Å². The van der Waals surface area contributed by atoms with E-state index in [4.69, 9.17) is 0 Å². The smallest absolute Gasteiger partial charge is 0.341 e. The average Bonchev–Trinajstić information content (AvgIpc) is 2.18. The number of benzene rings is 1. The summed E-state index contributed by atoms with van der Waals surface area (Å²) in [5, 5.41) is 0. The van der Waals surface area contributed by atoms with Crippen LogP contribution in [-0.4, -0.2) is 14.4 Å². The predicted octanol–water partition coefficient (Wildman–Crippen LogP) is 1.72. The van der Waals surface area contributed by atoms with Crippen LogP contribution in [0.5, 0.6) is 0 Å². The van der Waals surface area contributed by atoms with E-state index in [1.807, 2.05) is 0 Å². The highest BCUT2D eigenvalue weighted by atomic mass is 32.2. The Balaban J connectivity index is 2.81. The van der Waals surface area contributed by atoms with E-state index < -0.39 is 16.1 Å². The van der Waals surface area contributed by atoms with E-state index in [0.717, 1.165) is 0 Å². The molecule has 0 N–H and O–H groups in total. The van der Waals surface area contributed by atoms with Gasteiger partial charge in [0.1, 0.15) is 4.90 Å². The lowest BCUT2D eigenvalue weighted by Gasteiger charge is -2.04. The number of carbonyl (C=O) groups is 1. The molecule has 15 heavy (non-hydrogen) atoms. The van der Waals surface area contributed by atoms with Crippen LogP contribution in [0.3, 0.4) is 0 Å². The van der Waals surface area contributed by atoms with Crippen LogP contribution < -0.4 is 0 Å². The molecule has 0 radical (unpaired) electrons. The van der Waals surface area contributed by atoms with Gasteiger partial charge in [-0.1, -0.05) is 25.1 Å². The molecule has 0 aliphatic carbocycles. The maximum Gasteiger partial charge on any atom is 0.341 e. The van der Waals surface area contributed by atoms with Gasteiger partial charge >= 0.3 is 16.1 Å². The van der Waals surface area contributed by atoms with Crippen LogP contribution in [0.2, 0.25) is 0 Å². The first-order valence-corrected chi connectivity index (χ1v) is 5.99. The maximum absolute atomic E-state index is 11.5. The molecule has 0 saturated heterocycles. The molecule has 0 amide bonds. The molecule has 82 valence electrons. The summed E-state index contributed by atoms with van der Waals surface area (Å²) in [6.07, 6.45) is 0.662. The Morgan fingerprint density at radius 2 is 1.87 bits per heavy atom. The molecular formula is C10H12O4S. The maximum atomic E-state index is 11.5. The fourth-order valence-electron chi connectivity index (χ4n) is 1.00. The number of carbonyl (C=O) groups excluding carboxylic acids is 1. The Morgan fingerprint density at radius 1 is 1.27 bits per heavy atom. The van der Waals surface area contributed by atoms with Gasteiger partial charge in [-0.25, -0.2) is 0 Å². The van der Waals surface area contributed by atoms with Crippen LogP contribution in [0.1, 0.15) is 19.8 Å². The average molecular weight is 228 g/mol. The summed E-state index contributed by atoms with van der Waals surface area (Å²) >= 11 is 0. The zero-order valence-corrected chi connectivity index (χ0v) is 9.16. The van der Waals surface area contributed by atoms with Crippen molar-refractivity contribution < 1.29 is 17.4 Å². The van der Waals surface area contributed by atoms with Gasteiger partial charge in [-0.05, 0) is 18.6 Å². The third kappa shape index (κ3) is 3.36. The van der Waals surface area contributed by atoms with E-state index in [-0.39, 0.29) is 11.3 Å². The lowest BCUT2D eigenvalue weighted by molar-refractivity contribution is -0.133. The second kappa shape index (κ2) is 4.93. The summed E-state index contributed by atoms with van der Waals surface area (Å²) < 4.78 is 27.3. The van der Waals surface area contributed by atoms with Crippen molar-refractivity contribution in [3.05, 3.63) is 30.3 Å². The highest BCUT2D eigenvalue weighted by Gasteiger charge is 2.18. The molecule has 0 aliphatic heterocycles. The Labute approximate surface area is 89.0 Å². The number of hydrogen-bond donors (Lipinski definition) is 0. The minimum absolute atomic E-state index is 0.00514. The van der Waals surface area contributed by atoms with E-state index >= 15 is 0 Å². The van der Waals surface area contributed by atoms with Crippen molar-refractivity contribution in [2.45, 2.75) is 24.7 Å². The van der Waals surface area contributed by atoms with Crippen LogP contribution in [0, 0.1) is 0 Å². The topological polar surface area (TPSA) is 60.4 Å². The molecule has 4 nitrogen and oxygen atoms in total. The van der Waals surface area contributed by atoms with Gasteiger partial charge < -0.3 is 4.18 Å². The number of rotatable bonds is 4. The van der Waals surface area contributed by atoms with Crippen molar-refractivity contribution in [3.8, 4) is 0 Å². The van der Waals surface area contributed by atoms with E-state index in [1.54, 1.807) is 25.1 Å². The van der Waals surface area contributed by atoms with Crippen molar-refractivity contribution in [2.75, 3.05) is 0 Å². The molecule has 0 spiro atoms. The summed E-state index contributed by atoms with van der Waals surface area (Å²) in [6.45, 7) is 1.77. The predicted molar refractivity (Wildman–Crippen MR) is 54.6 cm³/mol. The zero-order valence-electron chi connectivity index (χ0n) is 8.34. The molecule has 0 heterocycles. The van der Waals surface area contributed by atoms with Gasteiger partial charge in [-0.15, -0.1) is 0 Å². The first-order valence-electron chi connectivity index (χ1n) is 4.58. The quantitative estimate of drug-likeness (QED) is 0.736. The molecule has 0 aromatic heterocycles. The van der Waals surface area contributed by atoms with Gasteiger partial charge in [0.25, 0.3) is 0 Å². The van der Waals surface area contributed by atoms with E-state index in [2.05, 4.69) is 4.18 Å². The SMILES string of the molecule is CCCC(=O)OS(=O)(=O)c1ccccc1. The van der Waals surface area contributed by atoms with Gasteiger partial charge in [0, 0.05) is 6.42 Å². The molecule has 0 unspecified atom stereocenters. The molecule has 1 aromatic carbocycles. The highest BCUT2D eigenvalue weighted by molar-refractivity contribution is 7.87. The third-order valence-electron chi connectivity index (χ3n) is 1.69. The molecular weight excluding hydrogens is 216 g/mol. The molecule has 0 aliphatic rings. The third-order valence-corrected chi connectivity index (χ3v) is 2.94. The zero-order chi connectivity index (χ0) is 11.3. The Morgan fingerprint density at radius 3 is 2.40 bits per heavy atom. The van der Waals surface area contributed by atoms with Crippen LogP contribution in [0.25, 0.3) is 0 Å². The minimum Gasteiger partial charge on any atom is -0.342 e. The fourth-order valence-corrected chi connectivity index (χ4v) is 1.92. The summed E-state index contributed by atoms with van der Waals surface area (Å²) in [5.74, 6) is -0.721. The minimum atomic E-state index is -3.93. The summed E-state index contributed by atoms with van der Waals surface area (Å²) in [6, 6.07) is 7.59. The van der Waals surface area contributed by atoms with Gasteiger partial charge in [0.2, 0.25) is 0 Å². The molecule has 1 rings (SSSR count). The van der Waals surface area contributed by atoms with Crippen LogP contribution >= 0.6 is 0 Å². The lowest BCUT2D eigenvalue weighted by atomic mass is 10.4. The second-order valence-electron chi connectivity index (χ2n) is 2.97. The molecule has 0 atom stereocenters. The lowest BCUT2D eigenvalue weighted by Crippen LogP contribution is -2.12. The van der Waals surface area contributed by atoms with Crippen molar-refractivity contribution in [3.63, 3.8) is 0 Å². The van der Waals surface area contributed by atoms with Crippen molar-refractivity contribution >= 4 is 16.1 Å². The molecule has 0 saturated carbocycles. The van der Waals surface area contributed by atoms with E-state index in [9.17, 15) is 13.2 Å². The normalized spacial score (nSPS) is 11.0. The fraction of sp³-hybridized carbons (Fsp3) is 0.300. The standard InChI is InChI=1S/C10H12O4S/c1-2-6-10(11)14-15(12,13)9-7-4-3-5-8-9/h3-5,7-8H,2,6H2,1H3. The van der Waals surface area contributed by atoms with Crippen LogP contribution in [0.15, 0.2) is 35.2 Å².